The van der Waals surface area contributed by atoms with Gasteiger partial charge in [0.25, 0.3) is 0 Å². The van der Waals surface area contributed by atoms with Crippen LogP contribution in [0.15, 0.2) is 146 Å². The average molecular weight is 2040 g/mol. The van der Waals surface area contributed by atoms with Crippen molar-refractivity contribution in [3.8, 4) is 23.0 Å². The number of nitrogens with zero attached hydrogens (tertiary/aromatic N) is 7. The number of fused-ring (bicyclic) bond motifs is 13. The van der Waals surface area contributed by atoms with Crippen molar-refractivity contribution in [1.29, 1.82) is 0 Å². The van der Waals surface area contributed by atoms with Crippen LogP contribution in [-0.2, 0) is 54.1 Å². The number of epoxide rings is 6. The molecule has 748 valence electrons. The molecule has 0 spiro atoms. The van der Waals surface area contributed by atoms with E-state index in [4.69, 9.17) is 47.4 Å². The predicted octanol–water partition coefficient (Wildman–Crippen LogP) is 26.8. The molecular weight excluding hydrogens is 1890 g/mol. The van der Waals surface area contributed by atoms with Gasteiger partial charge in [-0.1, -0.05) is 97.9 Å². The Bertz CT molecular complexity index is 6720. The molecule has 14 aromatic rings. The molecule has 13 atom stereocenters. The summed E-state index contributed by atoms with van der Waals surface area (Å²) in [5.41, 5.74) is 37.6. The van der Waals surface area contributed by atoms with Gasteiger partial charge in [0.05, 0.1) is 90.0 Å². The summed E-state index contributed by atoms with van der Waals surface area (Å²) in [6.07, 6.45) is 11.0. The molecule has 0 aromatic heterocycles. The van der Waals surface area contributed by atoms with Gasteiger partial charge in [0, 0.05) is 108 Å². The summed E-state index contributed by atoms with van der Waals surface area (Å²) in [5, 5.41) is 18.8. The van der Waals surface area contributed by atoms with Gasteiger partial charge in [0.15, 0.2) is 11.5 Å². The number of ether oxygens (including phenoxy) is 10. The predicted molar refractivity (Wildman–Crippen MR) is 622 cm³/mol. The molecule has 17 nitrogen and oxygen atoms in total. The first-order valence-corrected chi connectivity index (χ1v) is 54.3. The number of aryl methyl sites for hydroxylation is 20. The molecule has 8 heterocycles. The summed E-state index contributed by atoms with van der Waals surface area (Å²) in [5.74, 6) is 4.65. The van der Waals surface area contributed by atoms with Crippen molar-refractivity contribution in [2.45, 2.75) is 206 Å². The molecule has 7 fully saturated rings. The molecule has 14 aromatic carbocycles. The Morgan fingerprint density at radius 3 is 1.08 bits per heavy atom. The van der Waals surface area contributed by atoms with E-state index in [1.807, 2.05) is 18.2 Å². The first-order valence-electron chi connectivity index (χ1n) is 50.7. The summed E-state index contributed by atoms with van der Waals surface area (Å²) in [6, 6.07) is 53.2. The van der Waals surface area contributed by atoms with Crippen LogP contribution >= 0.6 is 65.7 Å². The van der Waals surface area contributed by atoms with Crippen molar-refractivity contribution in [2.24, 2.45) is 5.92 Å². The van der Waals surface area contributed by atoms with E-state index >= 15 is 0 Å². The van der Waals surface area contributed by atoms with Gasteiger partial charge in [0.1, 0.15) is 11.5 Å². The summed E-state index contributed by atoms with van der Waals surface area (Å²) in [6.45, 7) is 52.9. The summed E-state index contributed by atoms with van der Waals surface area (Å²) in [7, 11) is 21.7. The van der Waals surface area contributed by atoms with Gasteiger partial charge in [-0.05, 0) is 459 Å². The number of hydrogen-bond donors (Lipinski definition) is 0. The molecule has 24 rings (SSSR count). The van der Waals surface area contributed by atoms with E-state index in [0.717, 1.165) is 134 Å². The Morgan fingerprint density at radius 2 is 0.641 bits per heavy atom. The van der Waals surface area contributed by atoms with Crippen LogP contribution in [0.4, 0.5) is 39.8 Å². The third-order valence-electron chi connectivity index (χ3n) is 30.2. The van der Waals surface area contributed by atoms with Crippen LogP contribution in [-0.4, -0.2) is 143 Å². The quantitative estimate of drug-likeness (QED) is 0.0443. The lowest BCUT2D eigenvalue weighted by Crippen LogP contribution is -2.17. The Morgan fingerprint density at radius 1 is 0.296 bits per heavy atom. The van der Waals surface area contributed by atoms with Crippen molar-refractivity contribution in [3.05, 3.63) is 262 Å². The average Bonchev–Trinajstić information content (AvgIpc) is 1.28. The molecule has 0 N–H and O–H groups in total. The van der Waals surface area contributed by atoms with Crippen molar-refractivity contribution < 1.29 is 47.4 Å². The van der Waals surface area contributed by atoms with Gasteiger partial charge in [-0.2, -0.15) is 0 Å². The number of methoxy groups -OCH3 is 1. The molecule has 0 bridgehead atoms. The van der Waals surface area contributed by atoms with E-state index in [0.29, 0.717) is 43.4 Å². The van der Waals surface area contributed by atoms with Crippen molar-refractivity contribution in [1.82, 2.24) is 0 Å². The minimum Gasteiger partial charge on any atom is -0.496 e. The molecule has 8 aliphatic heterocycles. The smallest absolute Gasteiger partial charge is 0.231 e. The first kappa shape index (κ1) is 103. The Kier molecular flexibility index (Phi) is 32.2. The van der Waals surface area contributed by atoms with Gasteiger partial charge in [-0.15, -0.1) is 0 Å². The lowest BCUT2D eigenvalue weighted by molar-refractivity contribution is 0.175. The van der Waals surface area contributed by atoms with Gasteiger partial charge in [0.2, 0.25) is 6.79 Å². The van der Waals surface area contributed by atoms with Gasteiger partial charge >= 0.3 is 0 Å². The molecule has 142 heavy (non-hydrogen) atoms. The SMILES string of the molecule is CCc1cccc2c(C)cc(N(P)C[C@H]3CO3)c(C)c12.COc1cccc2c(C)cc(N(P)C[C@H]3CO3)c(C)c12.Cc1cc(N(P)CC2CC2)c(C)c2c3c(ccc12)OCO3.Cc1cc(N(P)C[C@H]2CO2)c(C)c2c(C)cccc12.Cc1cc(N(P)C[C@H]2CO2)c(C)c2c3c(ccc12)CCC3.Cc1cc(N(P)C[C@H]2CO2)c(C)c2c3c(ccc12)CCO3.Cc1ccc(C)c2c(C)c(N(P)C[C@H]3CO3)cc(C)c12. The molecular formula is C118H146N7O10P7. The number of anilines is 7. The molecule has 1 saturated carbocycles. The number of benzene rings is 14. The summed E-state index contributed by atoms with van der Waals surface area (Å²) in [4.78, 5) is 0. The third kappa shape index (κ3) is 22.9. The Balaban J connectivity index is 0.000000109. The fourth-order valence-corrected chi connectivity index (χ4v) is 25.4. The van der Waals surface area contributed by atoms with Gasteiger partial charge in [-0.3, -0.25) is 0 Å². The van der Waals surface area contributed by atoms with E-state index in [2.05, 4.69) is 350 Å². The molecule has 7 unspecified atom stereocenters. The van der Waals surface area contributed by atoms with Crippen LogP contribution in [0.5, 0.6) is 23.0 Å². The van der Waals surface area contributed by atoms with E-state index in [1.54, 1.807) is 18.2 Å². The van der Waals surface area contributed by atoms with Crippen molar-refractivity contribution in [3.63, 3.8) is 0 Å². The van der Waals surface area contributed by atoms with Crippen LogP contribution in [0.25, 0.3) is 75.4 Å². The molecule has 2 aliphatic carbocycles. The number of hydrogen-bond acceptors (Lipinski definition) is 17. The standard InChI is InChI=1S/C18H22NOP.2C17H20NO2P.2C17H22NOP.C16H20NO2P.C16H20NOP/c1-11-8-17(19(21)9-14-10-20-14)12(2)18-15(11)7-6-13-4-3-5-16(13)18;1-10-7-15(18(21)8-13-9-20-13)11(2)16-14(10)4-3-12-5-6-19-17(12)16;1-10-7-14(18(21)8-12-3-4-12)11(2)16-13(10)5-6-15-17(16)20-9-19-15;1-10-5-6-11(2)17-13(4)15(7-12(3)16(10)17)18(20)8-14-9-19-14;1-4-13-6-5-7-15-11(2)8-16(12(3)17(13)15)18(20)9-14-10-19-14;1-10-7-14(17(20)8-12-9-19-12)11(2)16-13(10)5-4-6-15(16)18-3;1-10-5-4-6-14-11(2)7-15(12(3)16(10)14)17(19)8-13-9-18-13/h6-8,14H,3-5,9-10,21H2,1-2H3;3-4,7,13H,5-6,8-9,21H2,1-2H3;5-7,12H,3-4,8-9,21H2,1-2H3;5-7,14H,8-9,20H2,1-4H3;5-8,14H,4,9-10,20H2,1-3H3;4-7,12H,8-9,20H2,1-3H3;4-7,13H,8-9,19H2,1-3H3/t14-;13-;;2*14-;12-;13-/m00.0000/s1. The van der Waals surface area contributed by atoms with E-state index in [9.17, 15) is 0 Å². The Labute approximate surface area is 858 Å². The highest BCUT2D eigenvalue weighted by molar-refractivity contribution is 7.20. The van der Waals surface area contributed by atoms with Gasteiger partial charge in [-0.25, -0.2) is 0 Å². The van der Waals surface area contributed by atoms with Crippen LogP contribution < -0.4 is 51.6 Å². The van der Waals surface area contributed by atoms with Crippen LogP contribution in [0.2, 0.25) is 0 Å². The molecule has 6 saturated heterocycles. The maximum absolute atomic E-state index is 5.93. The largest absolute Gasteiger partial charge is 0.496 e. The highest BCUT2D eigenvalue weighted by Gasteiger charge is 2.34. The van der Waals surface area contributed by atoms with Crippen LogP contribution in [0.1, 0.15) is 143 Å². The molecule has 10 aliphatic rings. The van der Waals surface area contributed by atoms with Crippen molar-refractivity contribution in [2.75, 3.05) is 139 Å². The van der Waals surface area contributed by atoms with Crippen LogP contribution in [0, 0.1) is 124 Å². The Hall–Kier alpha value is -8.53. The molecule has 24 heteroatoms. The van der Waals surface area contributed by atoms with Crippen LogP contribution in [0.3, 0.4) is 0 Å². The highest BCUT2D eigenvalue weighted by atomic mass is 31.0. The van der Waals surface area contributed by atoms with Gasteiger partial charge < -0.3 is 80.1 Å². The minimum atomic E-state index is 0.323. The maximum Gasteiger partial charge on any atom is 0.231 e. The first-order chi connectivity index (χ1) is 68.2. The summed E-state index contributed by atoms with van der Waals surface area (Å²) < 4.78 is 70.6. The fraction of sp³-hybridized carbons (Fsp3) is 0.407. The topological polar surface area (TPSA) is 135 Å². The monoisotopic (exact) mass is 2040 g/mol. The second-order valence-electron chi connectivity index (χ2n) is 40.9. The van der Waals surface area contributed by atoms with Crippen molar-refractivity contribution >= 4 is 181 Å². The minimum absolute atomic E-state index is 0.323. The third-order valence-corrected chi connectivity index (χ3v) is 33.6. The lowest BCUT2D eigenvalue weighted by atomic mass is 9.92. The highest BCUT2D eigenvalue weighted by Crippen LogP contribution is 2.50. The fourth-order valence-electron chi connectivity index (χ4n) is 21.8. The van der Waals surface area contributed by atoms with E-state index in [1.165, 1.54) is 253 Å². The van der Waals surface area contributed by atoms with E-state index < -0.39 is 0 Å². The van der Waals surface area contributed by atoms with E-state index in [-0.39, 0.29) is 0 Å². The second kappa shape index (κ2) is 44.3. The summed E-state index contributed by atoms with van der Waals surface area (Å²) >= 11 is 0. The zero-order chi connectivity index (χ0) is 100. The normalized spacial score (nSPS) is 18.0. The maximum atomic E-state index is 5.93. The number of rotatable bonds is 23. The molecule has 0 radical (unpaired) electrons. The lowest BCUT2D eigenvalue weighted by Gasteiger charge is -2.23. The molecule has 0 amide bonds. The zero-order valence-corrected chi connectivity index (χ0v) is 94.8. The second-order valence-corrected chi connectivity index (χ2v) is 45.3. The zero-order valence-electron chi connectivity index (χ0n) is 86.7.